The number of halogens is 2. The highest BCUT2D eigenvalue weighted by atomic mass is 35.5. The van der Waals surface area contributed by atoms with Gasteiger partial charge in [-0.05, 0) is 100 Å². The van der Waals surface area contributed by atoms with E-state index in [0.29, 0.717) is 53.3 Å². The van der Waals surface area contributed by atoms with Crippen molar-refractivity contribution in [1.82, 2.24) is 0 Å². The van der Waals surface area contributed by atoms with E-state index < -0.39 is 25.9 Å². The lowest BCUT2D eigenvalue weighted by molar-refractivity contribution is 0.266. The van der Waals surface area contributed by atoms with Crippen LogP contribution in [0.15, 0.2) is 81.6 Å². The number of anilines is 1. The van der Waals surface area contributed by atoms with E-state index in [4.69, 9.17) is 52.9 Å². The number of nitrogens with two attached hydrogens (primary N) is 2. The molecule has 0 fully saturated rings. The molecule has 17 heteroatoms. The van der Waals surface area contributed by atoms with Crippen LogP contribution >= 0.6 is 23.2 Å². The highest BCUT2D eigenvalue weighted by molar-refractivity contribution is 7.87. The zero-order chi connectivity index (χ0) is 34.1. The number of nitrogens with zero attached hydrogens (tertiary/aromatic N) is 3. The fourth-order valence-electron chi connectivity index (χ4n) is 3.94. The molecule has 0 amide bonds. The van der Waals surface area contributed by atoms with Gasteiger partial charge in [0.05, 0.1) is 24.0 Å². The lowest BCUT2D eigenvalue weighted by Gasteiger charge is -2.38. The van der Waals surface area contributed by atoms with Crippen molar-refractivity contribution in [3.05, 3.63) is 76.8 Å². The smallest absolute Gasteiger partial charge is 0.339 e. The first kappa shape index (κ1) is 36.7. The summed E-state index contributed by atoms with van der Waals surface area (Å²) < 4.78 is 68.6. The number of benzene rings is 3. The van der Waals surface area contributed by atoms with Crippen molar-refractivity contribution >= 4 is 61.0 Å². The fourth-order valence-corrected chi connectivity index (χ4v) is 5.23. The predicted molar refractivity (Wildman–Crippen MR) is 179 cm³/mol. The number of hydrogen-bond acceptors (Lipinski definition) is 12. The van der Waals surface area contributed by atoms with Crippen LogP contribution in [0.1, 0.15) is 33.6 Å². The topological polar surface area (TPSA) is 196 Å². The molecule has 1 heterocycles. The Morgan fingerprint density at radius 2 is 1.43 bits per heavy atom. The first-order chi connectivity index (χ1) is 21.5. The van der Waals surface area contributed by atoms with Crippen LogP contribution in [0.2, 0.25) is 10.0 Å². The van der Waals surface area contributed by atoms with Gasteiger partial charge in [0.15, 0.2) is 0 Å². The lowest BCUT2D eigenvalue weighted by atomic mass is 10.1. The fraction of sp³-hybridized carbons (Fsp3) is 0.310. The molecule has 0 saturated heterocycles. The quantitative estimate of drug-likeness (QED) is 0.128. The van der Waals surface area contributed by atoms with Crippen LogP contribution in [0, 0.1) is 0 Å². The predicted octanol–water partition coefficient (Wildman–Crippen LogP) is 5.08. The molecule has 0 atom stereocenters. The van der Waals surface area contributed by atoms with Gasteiger partial charge in [-0.25, -0.2) is 4.99 Å². The average Bonchev–Trinajstić information content (AvgIpc) is 2.96. The minimum Gasteiger partial charge on any atom is -0.494 e. The highest BCUT2D eigenvalue weighted by Gasteiger charge is 2.33. The van der Waals surface area contributed by atoms with Crippen molar-refractivity contribution < 1.29 is 35.0 Å². The van der Waals surface area contributed by atoms with E-state index in [0.717, 1.165) is 0 Å². The SMILES string of the molecule is CC1(C)N=C(N)N=C(N)N1c1ccc(OCCCCOc2ccc(S(=O)(=O)Oc3ccc(Cl)cc3)cc2)c(Cl)c1.CCS(=O)(=O)O. The van der Waals surface area contributed by atoms with E-state index in [1.54, 1.807) is 41.3 Å². The summed E-state index contributed by atoms with van der Waals surface area (Å²) in [5.74, 6) is 1.40. The Bertz CT molecular complexity index is 1770. The van der Waals surface area contributed by atoms with Gasteiger partial charge >= 0.3 is 10.1 Å². The molecule has 3 aromatic carbocycles. The third-order valence-corrected chi connectivity index (χ3v) is 8.67. The van der Waals surface area contributed by atoms with Crippen LogP contribution in [-0.2, 0) is 20.2 Å². The van der Waals surface area contributed by atoms with Gasteiger partial charge < -0.3 is 25.1 Å². The molecule has 13 nitrogen and oxygen atoms in total. The first-order valence-corrected chi connectivity index (χ1v) is 17.6. The van der Waals surface area contributed by atoms with Crippen LogP contribution in [0.25, 0.3) is 0 Å². The van der Waals surface area contributed by atoms with Gasteiger partial charge in [-0.1, -0.05) is 23.2 Å². The number of rotatable bonds is 12. The summed E-state index contributed by atoms with van der Waals surface area (Å²) in [6.45, 7) is 5.97. The van der Waals surface area contributed by atoms with E-state index in [1.807, 2.05) is 19.9 Å². The summed E-state index contributed by atoms with van der Waals surface area (Å²) in [7, 11) is -7.64. The monoisotopic (exact) mass is 715 g/mol. The van der Waals surface area contributed by atoms with Gasteiger partial charge in [0.2, 0.25) is 11.9 Å². The Hall–Kier alpha value is -3.76. The van der Waals surface area contributed by atoms with Crippen LogP contribution in [0.3, 0.4) is 0 Å². The van der Waals surface area contributed by atoms with E-state index in [2.05, 4.69) is 9.98 Å². The van der Waals surface area contributed by atoms with Crippen LogP contribution < -0.4 is 30.0 Å². The Kier molecular flexibility index (Phi) is 12.5. The van der Waals surface area contributed by atoms with Crippen LogP contribution in [0.4, 0.5) is 5.69 Å². The second-order valence-corrected chi connectivity index (χ2v) is 14.3. The zero-order valence-electron chi connectivity index (χ0n) is 25.3. The molecule has 0 radical (unpaired) electrons. The minimum atomic E-state index is -3.98. The molecule has 46 heavy (non-hydrogen) atoms. The molecule has 1 aliphatic rings. The van der Waals surface area contributed by atoms with E-state index >= 15 is 0 Å². The van der Waals surface area contributed by atoms with Crippen molar-refractivity contribution in [1.29, 1.82) is 0 Å². The number of guanidine groups is 2. The van der Waals surface area contributed by atoms with E-state index in [9.17, 15) is 16.8 Å². The largest absolute Gasteiger partial charge is 0.494 e. The summed E-state index contributed by atoms with van der Waals surface area (Å²) in [6, 6.07) is 17.4. The molecular formula is C29H35Cl2N5O8S2. The Morgan fingerprint density at radius 3 is 1.98 bits per heavy atom. The summed E-state index contributed by atoms with van der Waals surface area (Å²) in [6.07, 6.45) is 1.43. The van der Waals surface area contributed by atoms with Crippen molar-refractivity contribution in [2.24, 2.45) is 21.5 Å². The van der Waals surface area contributed by atoms with Crippen molar-refractivity contribution in [3.8, 4) is 17.2 Å². The third kappa shape index (κ3) is 10.9. The molecule has 0 aromatic heterocycles. The summed E-state index contributed by atoms with van der Waals surface area (Å²) in [5, 5.41) is 0.909. The zero-order valence-corrected chi connectivity index (χ0v) is 28.4. The first-order valence-electron chi connectivity index (χ1n) is 13.8. The number of ether oxygens (including phenoxy) is 2. The maximum Gasteiger partial charge on any atom is 0.339 e. The molecule has 250 valence electrons. The van der Waals surface area contributed by atoms with E-state index in [-0.39, 0.29) is 28.3 Å². The number of hydrogen-bond donors (Lipinski definition) is 3. The summed E-state index contributed by atoms with van der Waals surface area (Å²) >= 11 is 12.3. The summed E-state index contributed by atoms with van der Waals surface area (Å²) in [5.41, 5.74) is 11.8. The Morgan fingerprint density at radius 1 is 0.870 bits per heavy atom. The molecule has 0 aliphatic carbocycles. The minimum absolute atomic E-state index is 0.0155. The van der Waals surface area contributed by atoms with Gasteiger partial charge in [0.25, 0.3) is 10.1 Å². The average molecular weight is 717 g/mol. The van der Waals surface area contributed by atoms with Gasteiger partial charge in [0.1, 0.15) is 27.8 Å². The van der Waals surface area contributed by atoms with Gasteiger partial charge in [0, 0.05) is 10.7 Å². The van der Waals surface area contributed by atoms with Gasteiger partial charge in [-0.2, -0.15) is 21.8 Å². The maximum absolute atomic E-state index is 12.5. The van der Waals surface area contributed by atoms with Crippen LogP contribution in [-0.4, -0.2) is 57.9 Å². The molecular weight excluding hydrogens is 681 g/mol. The van der Waals surface area contributed by atoms with Crippen molar-refractivity contribution in [2.45, 2.75) is 44.2 Å². The Balaban J connectivity index is 0.000000875. The van der Waals surface area contributed by atoms with Crippen LogP contribution in [0.5, 0.6) is 17.2 Å². The molecule has 4 rings (SSSR count). The van der Waals surface area contributed by atoms with Gasteiger partial charge in [-0.3, -0.25) is 9.45 Å². The third-order valence-electron chi connectivity index (χ3n) is 6.13. The number of unbranched alkanes of at least 4 members (excludes halogenated alkanes) is 1. The molecule has 0 bridgehead atoms. The standard InChI is InChI=1S/C27H29Cl2N5O5S.C2H6O3S/c1-27(2)33-25(30)32-26(31)34(27)19-7-14-24(23(29)17-19)38-16-4-3-15-37-20-10-12-22(13-11-20)40(35,36)39-21-8-5-18(28)6-9-21;1-2-6(3,4)5/h5-14,17H,3-4,15-16H2,1-2H3,(H4,30,31,32,33);2H2,1H3,(H,3,4,5). The normalized spacial score (nSPS) is 14.3. The number of aliphatic imine (C=N–C) groups is 2. The molecule has 5 N–H and O–H groups in total. The summed E-state index contributed by atoms with van der Waals surface area (Å²) in [4.78, 5) is 10.1. The molecule has 1 aliphatic heterocycles. The maximum atomic E-state index is 12.5. The Labute approximate surface area is 278 Å². The molecule has 3 aromatic rings. The second kappa shape index (κ2) is 15.7. The molecule has 0 saturated carbocycles. The van der Waals surface area contributed by atoms with Crippen molar-refractivity contribution in [2.75, 3.05) is 23.9 Å². The molecule has 0 unspecified atom stereocenters. The lowest BCUT2D eigenvalue weighted by Crippen LogP contribution is -2.54. The van der Waals surface area contributed by atoms with E-state index in [1.165, 1.54) is 31.2 Å². The highest BCUT2D eigenvalue weighted by Crippen LogP contribution is 2.34. The van der Waals surface area contributed by atoms with Gasteiger partial charge in [-0.15, -0.1) is 0 Å². The molecule has 0 spiro atoms. The second-order valence-electron chi connectivity index (χ2n) is 10.1. The van der Waals surface area contributed by atoms with Crippen molar-refractivity contribution in [3.63, 3.8) is 0 Å².